The molecule has 1 saturated heterocycles. The van der Waals surface area contributed by atoms with Gasteiger partial charge in [0.2, 0.25) is 0 Å². The Morgan fingerprint density at radius 2 is 2.00 bits per heavy atom. The van der Waals surface area contributed by atoms with E-state index in [0.29, 0.717) is 0 Å². The fourth-order valence-corrected chi connectivity index (χ4v) is 2.64. The topological polar surface area (TPSA) is 15.3 Å². The van der Waals surface area contributed by atoms with Gasteiger partial charge in [-0.05, 0) is 43.5 Å². The van der Waals surface area contributed by atoms with Gasteiger partial charge in [-0.3, -0.25) is 0 Å². The molecule has 0 aliphatic carbocycles. The van der Waals surface area contributed by atoms with Gasteiger partial charge in [0.15, 0.2) is 0 Å². The Hall–Kier alpha value is -0.730. The van der Waals surface area contributed by atoms with Crippen LogP contribution in [0.2, 0.25) is 5.02 Å². The summed E-state index contributed by atoms with van der Waals surface area (Å²) in [6, 6.07) is 6.44. The van der Waals surface area contributed by atoms with E-state index in [1.807, 2.05) is 0 Å². The maximum Gasteiger partial charge on any atom is 0.0642 e. The first-order chi connectivity index (χ1) is 8.31. The third-order valence-corrected chi connectivity index (χ3v) is 3.59. The summed E-state index contributed by atoms with van der Waals surface area (Å²) in [7, 11) is 0. The van der Waals surface area contributed by atoms with Crippen LogP contribution in [0.5, 0.6) is 0 Å². The molecule has 0 unspecified atom stereocenters. The molecule has 2 nitrogen and oxygen atoms in total. The summed E-state index contributed by atoms with van der Waals surface area (Å²) in [5.41, 5.74) is 2.46. The van der Waals surface area contributed by atoms with E-state index in [2.05, 4.69) is 35.3 Å². The van der Waals surface area contributed by atoms with E-state index in [-0.39, 0.29) is 0 Å². The highest BCUT2D eigenvalue weighted by atomic mass is 35.5. The van der Waals surface area contributed by atoms with Gasteiger partial charge >= 0.3 is 0 Å². The molecule has 1 N–H and O–H groups in total. The number of halogens is 1. The Morgan fingerprint density at radius 1 is 1.24 bits per heavy atom. The van der Waals surface area contributed by atoms with Gasteiger partial charge in [-0.1, -0.05) is 24.6 Å². The quantitative estimate of drug-likeness (QED) is 0.883. The first kappa shape index (κ1) is 12.7. The predicted molar refractivity (Wildman–Crippen MR) is 74.9 cm³/mol. The highest BCUT2D eigenvalue weighted by molar-refractivity contribution is 6.33. The predicted octanol–water partition coefficient (Wildman–Crippen LogP) is 3.44. The normalized spacial score (nSPS) is 16.2. The monoisotopic (exact) mass is 252 g/mol. The van der Waals surface area contributed by atoms with Gasteiger partial charge in [0.25, 0.3) is 0 Å². The minimum absolute atomic E-state index is 0.891. The van der Waals surface area contributed by atoms with Crippen molar-refractivity contribution in [1.29, 1.82) is 0 Å². The molecule has 0 amide bonds. The summed E-state index contributed by atoms with van der Waals surface area (Å²) in [5, 5.41) is 4.21. The maximum absolute atomic E-state index is 6.37. The van der Waals surface area contributed by atoms with Crippen molar-refractivity contribution in [2.24, 2.45) is 0 Å². The second kappa shape index (κ2) is 6.27. The standard InChI is InChI=1S/C14H21ClN2/c1-2-16-11-12-6-7-14(13(15)10-12)17-8-4-3-5-9-17/h6-7,10,16H,2-5,8-9,11H2,1H3. The SMILES string of the molecule is CCNCc1ccc(N2CCCCC2)c(Cl)c1. The Kier molecular flexibility index (Phi) is 4.69. The molecule has 0 spiro atoms. The minimum atomic E-state index is 0.891. The number of rotatable bonds is 4. The Bertz CT molecular complexity index is 359. The third-order valence-electron chi connectivity index (χ3n) is 3.29. The van der Waals surface area contributed by atoms with Gasteiger partial charge in [-0.2, -0.15) is 0 Å². The molecule has 1 heterocycles. The first-order valence-corrected chi connectivity index (χ1v) is 6.93. The van der Waals surface area contributed by atoms with Gasteiger partial charge in [0, 0.05) is 19.6 Å². The summed E-state index contributed by atoms with van der Waals surface area (Å²) >= 11 is 6.37. The zero-order valence-corrected chi connectivity index (χ0v) is 11.3. The van der Waals surface area contributed by atoms with Crippen LogP contribution in [0.25, 0.3) is 0 Å². The summed E-state index contributed by atoms with van der Waals surface area (Å²) < 4.78 is 0. The zero-order valence-electron chi connectivity index (χ0n) is 10.5. The lowest BCUT2D eigenvalue weighted by Gasteiger charge is -2.29. The van der Waals surface area contributed by atoms with Crippen molar-refractivity contribution in [1.82, 2.24) is 5.32 Å². The lowest BCUT2D eigenvalue weighted by Crippen LogP contribution is -2.29. The van der Waals surface area contributed by atoms with Crippen molar-refractivity contribution in [3.63, 3.8) is 0 Å². The van der Waals surface area contributed by atoms with Crippen LogP contribution >= 0.6 is 11.6 Å². The molecule has 0 radical (unpaired) electrons. The maximum atomic E-state index is 6.37. The van der Waals surface area contributed by atoms with Crippen LogP contribution in [0.1, 0.15) is 31.7 Å². The van der Waals surface area contributed by atoms with Crippen molar-refractivity contribution in [2.75, 3.05) is 24.5 Å². The van der Waals surface area contributed by atoms with Crippen LogP contribution in [0.3, 0.4) is 0 Å². The van der Waals surface area contributed by atoms with Crippen molar-refractivity contribution in [2.45, 2.75) is 32.7 Å². The number of piperidine rings is 1. The number of hydrogen-bond donors (Lipinski definition) is 1. The summed E-state index contributed by atoms with van der Waals surface area (Å²) in [6.07, 6.45) is 3.93. The van der Waals surface area contributed by atoms with Gasteiger partial charge in [0.1, 0.15) is 0 Å². The van der Waals surface area contributed by atoms with Gasteiger partial charge in [-0.25, -0.2) is 0 Å². The highest BCUT2D eigenvalue weighted by Gasteiger charge is 2.13. The van der Waals surface area contributed by atoms with Gasteiger partial charge < -0.3 is 10.2 Å². The molecule has 3 heteroatoms. The number of nitrogens with zero attached hydrogens (tertiary/aromatic N) is 1. The number of hydrogen-bond acceptors (Lipinski definition) is 2. The third kappa shape index (κ3) is 3.36. The molecule has 0 bridgehead atoms. The molecule has 0 atom stereocenters. The fraction of sp³-hybridized carbons (Fsp3) is 0.571. The lowest BCUT2D eigenvalue weighted by molar-refractivity contribution is 0.578. The molecule has 1 aliphatic rings. The van der Waals surface area contributed by atoms with Gasteiger partial charge in [0.05, 0.1) is 10.7 Å². The summed E-state index contributed by atoms with van der Waals surface area (Å²) in [4.78, 5) is 2.41. The molecule has 94 valence electrons. The van der Waals surface area contributed by atoms with E-state index in [1.54, 1.807) is 0 Å². The van der Waals surface area contributed by atoms with Crippen molar-refractivity contribution >= 4 is 17.3 Å². The van der Waals surface area contributed by atoms with E-state index >= 15 is 0 Å². The van der Waals surface area contributed by atoms with Crippen molar-refractivity contribution in [3.8, 4) is 0 Å². The van der Waals surface area contributed by atoms with E-state index in [4.69, 9.17) is 11.6 Å². The van der Waals surface area contributed by atoms with Crippen LogP contribution in [-0.2, 0) is 6.54 Å². The largest absolute Gasteiger partial charge is 0.370 e. The molecule has 0 aromatic heterocycles. The van der Waals surface area contributed by atoms with Crippen LogP contribution in [-0.4, -0.2) is 19.6 Å². The molecule has 0 saturated carbocycles. The van der Waals surface area contributed by atoms with Gasteiger partial charge in [-0.15, -0.1) is 0 Å². The second-order valence-corrected chi connectivity index (χ2v) is 5.02. The summed E-state index contributed by atoms with van der Waals surface area (Å²) in [5.74, 6) is 0. The molecular weight excluding hydrogens is 232 g/mol. The summed E-state index contributed by atoms with van der Waals surface area (Å²) in [6.45, 7) is 6.30. The van der Waals surface area contributed by atoms with E-state index in [9.17, 15) is 0 Å². The van der Waals surface area contributed by atoms with E-state index in [1.165, 1.54) is 30.5 Å². The van der Waals surface area contributed by atoms with Crippen LogP contribution in [0.4, 0.5) is 5.69 Å². The van der Waals surface area contributed by atoms with E-state index in [0.717, 1.165) is 31.2 Å². The lowest BCUT2D eigenvalue weighted by atomic mass is 10.1. The van der Waals surface area contributed by atoms with Crippen LogP contribution in [0, 0.1) is 0 Å². The first-order valence-electron chi connectivity index (χ1n) is 6.55. The molecular formula is C14H21ClN2. The average Bonchev–Trinajstić information content (AvgIpc) is 2.37. The molecule has 2 rings (SSSR count). The van der Waals surface area contributed by atoms with Crippen LogP contribution in [0.15, 0.2) is 18.2 Å². The minimum Gasteiger partial charge on any atom is -0.370 e. The molecule has 1 aromatic rings. The Morgan fingerprint density at radius 3 is 2.65 bits per heavy atom. The Balaban J connectivity index is 2.07. The Labute approximate surface area is 109 Å². The van der Waals surface area contributed by atoms with E-state index < -0.39 is 0 Å². The fourth-order valence-electron chi connectivity index (χ4n) is 2.32. The van der Waals surface area contributed by atoms with Crippen LogP contribution < -0.4 is 10.2 Å². The molecule has 1 aromatic carbocycles. The molecule has 1 aliphatic heterocycles. The highest BCUT2D eigenvalue weighted by Crippen LogP contribution is 2.29. The smallest absolute Gasteiger partial charge is 0.0642 e. The molecule has 1 fully saturated rings. The average molecular weight is 253 g/mol. The van der Waals surface area contributed by atoms with Crippen molar-refractivity contribution in [3.05, 3.63) is 28.8 Å². The van der Waals surface area contributed by atoms with Crippen molar-refractivity contribution < 1.29 is 0 Å². The number of benzene rings is 1. The number of nitrogens with one attached hydrogen (secondary N) is 1. The number of anilines is 1. The zero-order chi connectivity index (χ0) is 12.1. The molecule has 17 heavy (non-hydrogen) atoms. The second-order valence-electron chi connectivity index (χ2n) is 4.61.